The van der Waals surface area contributed by atoms with Crippen molar-refractivity contribution >= 4 is 11.4 Å². The molecule has 1 saturated heterocycles. The minimum atomic E-state index is 0.613. The quantitative estimate of drug-likeness (QED) is 0.779. The Morgan fingerprint density at radius 1 is 1.38 bits per heavy atom. The van der Waals surface area contributed by atoms with E-state index in [0.717, 1.165) is 12.3 Å². The van der Waals surface area contributed by atoms with Crippen molar-refractivity contribution in [2.75, 3.05) is 24.3 Å². The average molecular weight is 220 g/mol. The first kappa shape index (κ1) is 11.1. The third-order valence-electron chi connectivity index (χ3n) is 3.35. The second kappa shape index (κ2) is 4.64. The smallest absolute Gasteiger partial charge is 0.143 e. The lowest BCUT2D eigenvalue weighted by Gasteiger charge is -2.35. The molecule has 0 aromatic heterocycles. The molecule has 3 nitrogen and oxygen atoms in total. The lowest BCUT2D eigenvalue weighted by molar-refractivity contribution is 0.416. The average Bonchev–Trinajstić information content (AvgIpc) is 2.31. The summed E-state index contributed by atoms with van der Waals surface area (Å²) in [6, 6.07) is 6.66. The van der Waals surface area contributed by atoms with Gasteiger partial charge in [-0.05, 0) is 38.3 Å². The van der Waals surface area contributed by atoms with Gasteiger partial charge in [-0.25, -0.2) is 0 Å². The number of ether oxygens (including phenoxy) is 1. The maximum atomic E-state index is 5.82. The number of nitrogen functional groups attached to an aromatic ring is 1. The zero-order valence-corrected chi connectivity index (χ0v) is 10.1. The zero-order valence-electron chi connectivity index (χ0n) is 10.1. The van der Waals surface area contributed by atoms with Gasteiger partial charge in [-0.1, -0.05) is 0 Å². The maximum absolute atomic E-state index is 5.82. The zero-order chi connectivity index (χ0) is 11.5. The largest absolute Gasteiger partial charge is 0.495 e. The molecule has 88 valence electrons. The Hall–Kier alpha value is -1.38. The van der Waals surface area contributed by atoms with Crippen LogP contribution in [0, 0.1) is 0 Å². The molecule has 0 radical (unpaired) electrons. The third kappa shape index (κ3) is 2.08. The van der Waals surface area contributed by atoms with E-state index in [2.05, 4.69) is 17.9 Å². The van der Waals surface area contributed by atoms with Gasteiger partial charge in [-0.2, -0.15) is 0 Å². The van der Waals surface area contributed by atoms with Crippen molar-refractivity contribution in [2.24, 2.45) is 0 Å². The maximum Gasteiger partial charge on any atom is 0.143 e. The van der Waals surface area contributed by atoms with Crippen LogP contribution in [0.2, 0.25) is 0 Å². The summed E-state index contributed by atoms with van der Waals surface area (Å²) in [5, 5.41) is 0. The molecule has 3 heteroatoms. The number of nitrogens with two attached hydrogens (primary N) is 1. The van der Waals surface area contributed by atoms with Crippen LogP contribution in [-0.4, -0.2) is 19.7 Å². The topological polar surface area (TPSA) is 38.5 Å². The molecule has 0 bridgehead atoms. The lowest BCUT2D eigenvalue weighted by Crippen LogP contribution is -2.37. The number of hydrogen-bond acceptors (Lipinski definition) is 3. The molecule has 1 aromatic rings. The number of methoxy groups -OCH3 is 1. The summed E-state index contributed by atoms with van der Waals surface area (Å²) in [5.41, 5.74) is 7.75. The van der Waals surface area contributed by atoms with Crippen LogP contribution in [0.4, 0.5) is 11.4 Å². The summed E-state index contributed by atoms with van der Waals surface area (Å²) in [5.74, 6) is 0.773. The summed E-state index contributed by atoms with van der Waals surface area (Å²) in [7, 11) is 1.66. The van der Waals surface area contributed by atoms with E-state index in [9.17, 15) is 0 Å². The fourth-order valence-electron chi connectivity index (χ4n) is 2.36. The van der Waals surface area contributed by atoms with Crippen LogP contribution in [0.15, 0.2) is 18.2 Å². The normalized spacial score (nSPS) is 20.9. The molecule has 1 heterocycles. The molecule has 0 amide bonds. The van der Waals surface area contributed by atoms with Crippen LogP contribution < -0.4 is 15.4 Å². The summed E-state index contributed by atoms with van der Waals surface area (Å²) in [6.45, 7) is 3.41. The van der Waals surface area contributed by atoms with Crippen LogP contribution >= 0.6 is 0 Å². The first-order chi connectivity index (χ1) is 7.72. The molecule has 1 atom stereocenters. The molecule has 1 fully saturated rings. The van der Waals surface area contributed by atoms with Crippen LogP contribution in [-0.2, 0) is 0 Å². The van der Waals surface area contributed by atoms with E-state index in [0.29, 0.717) is 11.7 Å². The predicted molar refractivity (Wildman–Crippen MR) is 68.1 cm³/mol. The fourth-order valence-corrected chi connectivity index (χ4v) is 2.36. The Bertz CT molecular complexity index is 365. The van der Waals surface area contributed by atoms with Gasteiger partial charge in [0.05, 0.1) is 12.8 Å². The molecule has 0 aliphatic carbocycles. The molecule has 2 N–H and O–H groups in total. The minimum Gasteiger partial charge on any atom is -0.495 e. The molecule has 0 saturated carbocycles. The van der Waals surface area contributed by atoms with Crippen LogP contribution in [0.25, 0.3) is 0 Å². The summed E-state index contributed by atoms with van der Waals surface area (Å²) < 4.78 is 5.26. The van der Waals surface area contributed by atoms with Gasteiger partial charge in [0.15, 0.2) is 0 Å². The van der Waals surface area contributed by atoms with Crippen LogP contribution in [0.1, 0.15) is 26.2 Å². The first-order valence-electron chi connectivity index (χ1n) is 5.92. The molecule has 16 heavy (non-hydrogen) atoms. The predicted octanol–water partition coefficient (Wildman–Crippen LogP) is 2.66. The van der Waals surface area contributed by atoms with Gasteiger partial charge in [0.1, 0.15) is 5.75 Å². The van der Waals surface area contributed by atoms with E-state index in [1.54, 1.807) is 7.11 Å². The number of rotatable bonds is 2. The second-order valence-corrected chi connectivity index (χ2v) is 4.46. The van der Waals surface area contributed by atoms with E-state index in [1.165, 1.54) is 24.9 Å². The number of benzene rings is 1. The lowest BCUT2D eigenvalue weighted by atomic mass is 10.0. The summed E-state index contributed by atoms with van der Waals surface area (Å²) in [6.07, 6.45) is 3.88. The summed E-state index contributed by atoms with van der Waals surface area (Å²) >= 11 is 0. The van der Waals surface area contributed by atoms with E-state index >= 15 is 0 Å². The van der Waals surface area contributed by atoms with Gasteiger partial charge in [0.25, 0.3) is 0 Å². The molecule has 1 aromatic carbocycles. The highest BCUT2D eigenvalue weighted by molar-refractivity contribution is 5.62. The van der Waals surface area contributed by atoms with E-state index in [4.69, 9.17) is 10.5 Å². The van der Waals surface area contributed by atoms with E-state index in [1.807, 2.05) is 12.1 Å². The molecule has 2 rings (SSSR count). The molecule has 1 aliphatic heterocycles. The SMILES string of the molecule is COc1cc(N2CCCCC2C)ccc1N. The third-order valence-corrected chi connectivity index (χ3v) is 3.35. The van der Waals surface area contributed by atoms with Crippen molar-refractivity contribution in [3.63, 3.8) is 0 Å². The van der Waals surface area contributed by atoms with Crippen LogP contribution in [0.5, 0.6) is 5.75 Å². The van der Waals surface area contributed by atoms with Gasteiger partial charge in [0, 0.05) is 24.3 Å². The molecular weight excluding hydrogens is 200 g/mol. The number of hydrogen-bond donors (Lipinski definition) is 1. The van der Waals surface area contributed by atoms with Gasteiger partial charge < -0.3 is 15.4 Å². The highest BCUT2D eigenvalue weighted by Gasteiger charge is 2.19. The van der Waals surface area contributed by atoms with Gasteiger partial charge in [0.2, 0.25) is 0 Å². The highest BCUT2D eigenvalue weighted by Crippen LogP contribution is 2.30. The number of nitrogens with zero attached hydrogens (tertiary/aromatic N) is 1. The van der Waals surface area contributed by atoms with Crippen molar-refractivity contribution in [2.45, 2.75) is 32.2 Å². The first-order valence-corrected chi connectivity index (χ1v) is 5.92. The van der Waals surface area contributed by atoms with Gasteiger partial charge in [-0.15, -0.1) is 0 Å². The molecular formula is C13H20N2O. The highest BCUT2D eigenvalue weighted by atomic mass is 16.5. The van der Waals surface area contributed by atoms with Crippen molar-refractivity contribution in [1.29, 1.82) is 0 Å². The Morgan fingerprint density at radius 2 is 2.19 bits per heavy atom. The Balaban J connectivity index is 2.25. The van der Waals surface area contributed by atoms with Crippen molar-refractivity contribution < 1.29 is 4.74 Å². The van der Waals surface area contributed by atoms with E-state index in [-0.39, 0.29) is 0 Å². The van der Waals surface area contributed by atoms with Crippen LogP contribution in [0.3, 0.4) is 0 Å². The Labute approximate surface area is 97.2 Å². The van der Waals surface area contributed by atoms with Crippen molar-refractivity contribution in [3.05, 3.63) is 18.2 Å². The fraction of sp³-hybridized carbons (Fsp3) is 0.538. The van der Waals surface area contributed by atoms with E-state index < -0.39 is 0 Å². The molecule has 1 aliphatic rings. The van der Waals surface area contributed by atoms with Crippen molar-refractivity contribution in [1.82, 2.24) is 0 Å². The monoisotopic (exact) mass is 220 g/mol. The van der Waals surface area contributed by atoms with Gasteiger partial charge in [-0.3, -0.25) is 0 Å². The minimum absolute atomic E-state index is 0.613. The number of piperidine rings is 1. The second-order valence-electron chi connectivity index (χ2n) is 4.46. The Kier molecular flexibility index (Phi) is 3.22. The molecule has 1 unspecified atom stereocenters. The molecule has 0 spiro atoms. The summed E-state index contributed by atoms with van der Waals surface area (Å²) in [4.78, 5) is 2.44. The standard InChI is InChI=1S/C13H20N2O/c1-10-5-3-4-8-15(10)11-6-7-12(14)13(9-11)16-2/h6-7,9-10H,3-5,8,14H2,1-2H3. The Morgan fingerprint density at radius 3 is 2.88 bits per heavy atom. The van der Waals surface area contributed by atoms with Crippen molar-refractivity contribution in [3.8, 4) is 5.75 Å². The van der Waals surface area contributed by atoms with Gasteiger partial charge >= 0.3 is 0 Å². The number of anilines is 2.